The number of aromatic nitrogens is 5. The van der Waals surface area contributed by atoms with Crippen molar-refractivity contribution in [1.82, 2.24) is 24.8 Å². The van der Waals surface area contributed by atoms with Crippen molar-refractivity contribution in [2.45, 2.75) is 12.6 Å². The molecule has 148 valence electrons. The van der Waals surface area contributed by atoms with Gasteiger partial charge in [-0.05, 0) is 42.3 Å². The van der Waals surface area contributed by atoms with Crippen molar-refractivity contribution >= 4 is 17.3 Å². The van der Waals surface area contributed by atoms with Gasteiger partial charge in [-0.15, -0.1) is 10.2 Å². The van der Waals surface area contributed by atoms with E-state index in [9.17, 15) is 13.2 Å². The summed E-state index contributed by atoms with van der Waals surface area (Å²) in [5.41, 5.74) is 1.14. The largest absolute Gasteiger partial charge is 0.418 e. The van der Waals surface area contributed by atoms with E-state index in [0.717, 1.165) is 17.3 Å². The van der Waals surface area contributed by atoms with Gasteiger partial charge in [0.25, 0.3) is 0 Å². The van der Waals surface area contributed by atoms with E-state index in [2.05, 4.69) is 25.6 Å². The van der Waals surface area contributed by atoms with Crippen LogP contribution in [0.5, 0.6) is 0 Å². The second-order valence-corrected chi connectivity index (χ2v) is 6.23. The van der Waals surface area contributed by atoms with Crippen LogP contribution in [0.4, 0.5) is 24.8 Å². The molecule has 1 aromatic carbocycles. The first-order chi connectivity index (χ1) is 14.0. The number of benzene rings is 1. The number of hydrogen-bond acceptors (Lipinski definition) is 6. The van der Waals surface area contributed by atoms with Crippen LogP contribution in [0.15, 0.2) is 54.9 Å². The Bertz CT molecular complexity index is 1140. The van der Waals surface area contributed by atoms with Crippen molar-refractivity contribution in [1.29, 1.82) is 0 Å². The smallest absolute Gasteiger partial charge is 0.396 e. The first-order valence-electron chi connectivity index (χ1n) is 8.66. The van der Waals surface area contributed by atoms with E-state index in [0.29, 0.717) is 12.4 Å². The van der Waals surface area contributed by atoms with E-state index < -0.39 is 11.7 Å². The van der Waals surface area contributed by atoms with Crippen molar-refractivity contribution < 1.29 is 18.3 Å². The summed E-state index contributed by atoms with van der Waals surface area (Å²) < 4.78 is 41.2. The Kier molecular flexibility index (Phi) is 4.85. The standard InChI is InChI=1S/C19H15F3N6O/c20-19(21,22)15-2-1-8-23-17(15)13-10-16-26-27-18(28(16)24-11-13)25-14-5-3-12(4-6-14)7-9-29/h1-6,8,10-11,29H,7,9H2,(H,25,27). The molecule has 4 rings (SSSR count). The Morgan fingerprint density at radius 3 is 2.59 bits per heavy atom. The lowest BCUT2D eigenvalue weighted by Crippen LogP contribution is -2.08. The highest BCUT2D eigenvalue weighted by Crippen LogP contribution is 2.35. The van der Waals surface area contributed by atoms with E-state index in [-0.39, 0.29) is 23.5 Å². The van der Waals surface area contributed by atoms with Gasteiger partial charge in [0.15, 0.2) is 5.65 Å². The fourth-order valence-corrected chi connectivity index (χ4v) is 2.88. The fourth-order valence-electron chi connectivity index (χ4n) is 2.88. The number of alkyl halides is 3. The zero-order valence-electron chi connectivity index (χ0n) is 14.9. The van der Waals surface area contributed by atoms with Gasteiger partial charge >= 0.3 is 6.18 Å². The zero-order chi connectivity index (χ0) is 20.4. The topological polar surface area (TPSA) is 88.2 Å². The third-order valence-corrected chi connectivity index (χ3v) is 4.26. The summed E-state index contributed by atoms with van der Waals surface area (Å²) in [6, 6.07) is 11.0. The highest BCUT2D eigenvalue weighted by molar-refractivity contribution is 5.67. The summed E-state index contributed by atoms with van der Waals surface area (Å²) in [4.78, 5) is 3.87. The van der Waals surface area contributed by atoms with Crippen LogP contribution in [0.3, 0.4) is 0 Å². The minimum atomic E-state index is -4.53. The highest BCUT2D eigenvalue weighted by atomic mass is 19.4. The maximum Gasteiger partial charge on any atom is 0.418 e. The monoisotopic (exact) mass is 400 g/mol. The van der Waals surface area contributed by atoms with Gasteiger partial charge in [-0.2, -0.15) is 22.8 Å². The Morgan fingerprint density at radius 1 is 1.07 bits per heavy atom. The van der Waals surface area contributed by atoms with Crippen LogP contribution < -0.4 is 5.32 Å². The van der Waals surface area contributed by atoms with Crippen LogP contribution in [0.25, 0.3) is 16.9 Å². The number of fused-ring (bicyclic) bond motifs is 1. The Balaban J connectivity index is 1.65. The van der Waals surface area contributed by atoms with Crippen molar-refractivity contribution in [2.75, 3.05) is 11.9 Å². The van der Waals surface area contributed by atoms with Gasteiger partial charge < -0.3 is 10.4 Å². The number of pyridine rings is 1. The van der Waals surface area contributed by atoms with Crippen molar-refractivity contribution in [2.24, 2.45) is 0 Å². The molecule has 0 fully saturated rings. The average molecular weight is 400 g/mol. The summed E-state index contributed by atoms with van der Waals surface area (Å²) in [6.45, 7) is 0.0696. The molecule has 2 N–H and O–H groups in total. The summed E-state index contributed by atoms with van der Waals surface area (Å²) in [5, 5.41) is 24.2. The van der Waals surface area contributed by atoms with Gasteiger partial charge in [-0.25, -0.2) is 0 Å². The molecule has 0 aliphatic heterocycles. The van der Waals surface area contributed by atoms with Gasteiger partial charge in [0.2, 0.25) is 5.95 Å². The molecule has 4 aromatic rings. The molecule has 0 amide bonds. The van der Waals surface area contributed by atoms with Crippen molar-refractivity contribution in [3.63, 3.8) is 0 Å². The lowest BCUT2D eigenvalue weighted by Gasteiger charge is -2.11. The normalized spacial score (nSPS) is 11.7. The van der Waals surface area contributed by atoms with Gasteiger partial charge in [0.1, 0.15) is 0 Å². The number of aliphatic hydroxyl groups excluding tert-OH is 1. The summed E-state index contributed by atoms with van der Waals surface area (Å²) in [6.07, 6.45) is -1.38. The molecule has 7 nitrogen and oxygen atoms in total. The minimum Gasteiger partial charge on any atom is -0.396 e. The van der Waals surface area contributed by atoms with E-state index >= 15 is 0 Å². The number of anilines is 2. The highest BCUT2D eigenvalue weighted by Gasteiger charge is 2.34. The van der Waals surface area contributed by atoms with E-state index in [1.807, 2.05) is 24.3 Å². The molecule has 0 radical (unpaired) electrons. The molecular weight excluding hydrogens is 385 g/mol. The van der Waals surface area contributed by atoms with Gasteiger partial charge in [-0.3, -0.25) is 4.98 Å². The maximum atomic E-state index is 13.3. The molecule has 3 heterocycles. The van der Waals surface area contributed by atoms with Gasteiger partial charge in [0.05, 0.1) is 17.5 Å². The van der Waals surface area contributed by atoms with E-state index in [1.165, 1.54) is 29.0 Å². The Morgan fingerprint density at radius 2 is 1.86 bits per heavy atom. The molecule has 3 aromatic heterocycles. The van der Waals surface area contributed by atoms with Crippen LogP contribution in [0.2, 0.25) is 0 Å². The summed E-state index contributed by atoms with van der Waals surface area (Å²) in [5.74, 6) is 0.318. The first-order valence-corrected chi connectivity index (χ1v) is 8.66. The van der Waals surface area contributed by atoms with Crippen LogP contribution >= 0.6 is 0 Å². The van der Waals surface area contributed by atoms with E-state index in [1.54, 1.807) is 0 Å². The third kappa shape index (κ3) is 3.87. The number of aliphatic hydroxyl groups is 1. The van der Waals surface area contributed by atoms with Gasteiger partial charge in [0, 0.05) is 24.1 Å². The van der Waals surface area contributed by atoms with Crippen LogP contribution in [-0.4, -0.2) is 36.5 Å². The molecule has 0 saturated carbocycles. The molecular formula is C19H15F3N6O. The number of rotatable bonds is 5. The number of halogens is 3. The van der Waals surface area contributed by atoms with Gasteiger partial charge in [-0.1, -0.05) is 12.1 Å². The fraction of sp³-hybridized carbons (Fsp3) is 0.158. The Hall–Kier alpha value is -3.53. The zero-order valence-corrected chi connectivity index (χ0v) is 14.9. The molecule has 0 aliphatic rings. The number of nitrogens with zero attached hydrogens (tertiary/aromatic N) is 5. The molecule has 0 saturated heterocycles. The lowest BCUT2D eigenvalue weighted by molar-refractivity contribution is -0.137. The minimum absolute atomic E-state index is 0.0696. The maximum absolute atomic E-state index is 13.3. The third-order valence-electron chi connectivity index (χ3n) is 4.26. The van der Waals surface area contributed by atoms with Crippen LogP contribution in [-0.2, 0) is 12.6 Å². The summed E-state index contributed by atoms with van der Waals surface area (Å²) >= 11 is 0. The molecule has 10 heteroatoms. The SMILES string of the molecule is OCCc1ccc(Nc2nnc3cc(-c4ncccc4C(F)(F)F)cnn23)cc1. The molecule has 29 heavy (non-hydrogen) atoms. The molecule has 0 spiro atoms. The second-order valence-electron chi connectivity index (χ2n) is 6.23. The summed E-state index contributed by atoms with van der Waals surface area (Å²) in [7, 11) is 0. The predicted octanol–water partition coefficient (Wildman–Crippen LogP) is 3.48. The number of nitrogens with one attached hydrogen (secondary N) is 1. The molecule has 0 atom stereocenters. The first kappa shape index (κ1) is 18.8. The average Bonchev–Trinajstić information content (AvgIpc) is 3.11. The van der Waals surface area contributed by atoms with Crippen LogP contribution in [0.1, 0.15) is 11.1 Å². The quantitative estimate of drug-likeness (QED) is 0.533. The molecule has 0 bridgehead atoms. The van der Waals surface area contributed by atoms with Crippen molar-refractivity contribution in [3.8, 4) is 11.3 Å². The second kappa shape index (κ2) is 7.47. The molecule has 0 aliphatic carbocycles. The van der Waals surface area contributed by atoms with Crippen LogP contribution in [0, 0.1) is 0 Å². The predicted molar refractivity (Wildman–Crippen MR) is 99.5 cm³/mol. The van der Waals surface area contributed by atoms with Crippen molar-refractivity contribution in [3.05, 3.63) is 66.0 Å². The molecule has 0 unspecified atom stereocenters. The Labute approximate surface area is 162 Å². The lowest BCUT2D eigenvalue weighted by atomic mass is 10.1. The van der Waals surface area contributed by atoms with E-state index in [4.69, 9.17) is 5.11 Å². The number of hydrogen-bond donors (Lipinski definition) is 2.